The van der Waals surface area contributed by atoms with E-state index in [-0.39, 0.29) is 5.97 Å². The Balaban J connectivity index is 3.45. The van der Waals surface area contributed by atoms with Crippen LogP contribution in [0.15, 0.2) is 12.2 Å². The first-order valence-corrected chi connectivity index (χ1v) is 4.00. The fourth-order valence-corrected chi connectivity index (χ4v) is 0.526. The van der Waals surface area contributed by atoms with E-state index in [0.717, 1.165) is 6.42 Å². The minimum Gasteiger partial charge on any atom is -0.462 e. The molecule has 0 saturated heterocycles. The summed E-state index contributed by atoms with van der Waals surface area (Å²) < 4.78 is 4.91. The Morgan fingerprint density at radius 2 is 2.27 bits per heavy atom. The first kappa shape index (κ1) is 10.2. The smallest absolute Gasteiger partial charge is 0.330 e. The van der Waals surface area contributed by atoms with Crippen LogP contribution in [0.4, 0.5) is 0 Å². The molecular formula is C9H16O2. The molecular weight excluding hydrogens is 140 g/mol. The maximum atomic E-state index is 10.8. The van der Waals surface area contributed by atoms with Gasteiger partial charge in [0.25, 0.3) is 0 Å². The summed E-state index contributed by atoms with van der Waals surface area (Å²) in [5.74, 6) is 0.219. The fraction of sp³-hybridized carbons (Fsp3) is 0.667. The molecule has 0 rings (SSSR count). The van der Waals surface area contributed by atoms with Gasteiger partial charge in [-0.3, -0.25) is 0 Å². The van der Waals surface area contributed by atoms with E-state index >= 15 is 0 Å². The van der Waals surface area contributed by atoms with Gasteiger partial charge in [-0.05, 0) is 12.8 Å². The van der Waals surface area contributed by atoms with Gasteiger partial charge in [0, 0.05) is 6.08 Å². The summed E-state index contributed by atoms with van der Waals surface area (Å²) in [5.41, 5.74) is 0. The van der Waals surface area contributed by atoms with E-state index in [2.05, 4.69) is 13.8 Å². The summed E-state index contributed by atoms with van der Waals surface area (Å²) in [5, 5.41) is 0. The highest BCUT2D eigenvalue weighted by molar-refractivity contribution is 5.81. The maximum Gasteiger partial charge on any atom is 0.330 e. The van der Waals surface area contributed by atoms with Gasteiger partial charge in [0.1, 0.15) is 0 Å². The van der Waals surface area contributed by atoms with Crippen molar-refractivity contribution in [2.45, 2.75) is 27.2 Å². The van der Waals surface area contributed by atoms with Crippen LogP contribution in [0.5, 0.6) is 0 Å². The van der Waals surface area contributed by atoms with Crippen LogP contribution in [0, 0.1) is 5.92 Å². The second-order valence-corrected chi connectivity index (χ2v) is 2.64. The molecule has 0 aromatic rings. The topological polar surface area (TPSA) is 26.3 Å². The molecule has 0 aliphatic carbocycles. The zero-order valence-corrected chi connectivity index (χ0v) is 7.46. The van der Waals surface area contributed by atoms with Crippen molar-refractivity contribution in [3.63, 3.8) is 0 Å². The van der Waals surface area contributed by atoms with Crippen molar-refractivity contribution in [2.75, 3.05) is 6.61 Å². The predicted octanol–water partition coefficient (Wildman–Crippen LogP) is 2.15. The number of hydrogen-bond acceptors (Lipinski definition) is 2. The standard InChI is InChI=1S/C9H16O2/c1-4-6-9(10)11-7-8(3)5-2/h4,6,8H,5,7H2,1-3H3/b6-4-/t8-/m0/s1. The van der Waals surface area contributed by atoms with Crippen molar-refractivity contribution < 1.29 is 9.53 Å². The third-order valence-corrected chi connectivity index (χ3v) is 1.51. The molecule has 0 bridgehead atoms. The molecule has 0 aliphatic heterocycles. The summed E-state index contributed by atoms with van der Waals surface area (Å²) in [6.45, 7) is 6.46. The number of esters is 1. The first-order valence-electron chi connectivity index (χ1n) is 4.00. The van der Waals surface area contributed by atoms with Crippen molar-refractivity contribution >= 4 is 5.97 Å². The van der Waals surface area contributed by atoms with E-state index in [1.165, 1.54) is 6.08 Å². The van der Waals surface area contributed by atoms with Crippen LogP contribution < -0.4 is 0 Å². The normalized spacial score (nSPS) is 13.4. The molecule has 0 aromatic heterocycles. The minimum absolute atomic E-state index is 0.243. The number of hydrogen-bond donors (Lipinski definition) is 0. The average Bonchev–Trinajstić information content (AvgIpc) is 2.01. The zero-order chi connectivity index (χ0) is 8.69. The number of ether oxygens (including phenoxy) is 1. The Kier molecular flexibility index (Phi) is 5.53. The second kappa shape index (κ2) is 5.96. The number of carbonyl (C=O) groups is 1. The van der Waals surface area contributed by atoms with Crippen molar-refractivity contribution in [1.29, 1.82) is 0 Å². The van der Waals surface area contributed by atoms with Crippen LogP contribution in [0.1, 0.15) is 27.2 Å². The molecule has 64 valence electrons. The Morgan fingerprint density at radius 1 is 1.64 bits per heavy atom. The fourth-order valence-electron chi connectivity index (χ4n) is 0.526. The van der Waals surface area contributed by atoms with E-state index in [1.54, 1.807) is 13.0 Å². The highest BCUT2D eigenvalue weighted by atomic mass is 16.5. The van der Waals surface area contributed by atoms with Crippen LogP contribution >= 0.6 is 0 Å². The summed E-state index contributed by atoms with van der Waals surface area (Å²) in [7, 11) is 0. The van der Waals surface area contributed by atoms with Crippen LogP contribution in [-0.4, -0.2) is 12.6 Å². The molecule has 0 radical (unpaired) electrons. The molecule has 0 amide bonds. The number of rotatable bonds is 4. The van der Waals surface area contributed by atoms with Crippen LogP contribution in [-0.2, 0) is 9.53 Å². The minimum atomic E-state index is -0.243. The van der Waals surface area contributed by atoms with E-state index in [1.807, 2.05) is 0 Å². The average molecular weight is 156 g/mol. The highest BCUT2D eigenvalue weighted by Gasteiger charge is 2.01. The summed E-state index contributed by atoms with van der Waals surface area (Å²) in [6, 6.07) is 0. The lowest BCUT2D eigenvalue weighted by atomic mass is 10.1. The van der Waals surface area contributed by atoms with Gasteiger partial charge in [0.2, 0.25) is 0 Å². The predicted molar refractivity (Wildman–Crippen MR) is 45.2 cm³/mol. The molecule has 0 N–H and O–H groups in total. The third kappa shape index (κ3) is 5.64. The zero-order valence-electron chi connectivity index (χ0n) is 7.46. The van der Waals surface area contributed by atoms with Crippen molar-refractivity contribution in [3.05, 3.63) is 12.2 Å². The van der Waals surface area contributed by atoms with Gasteiger partial charge in [-0.2, -0.15) is 0 Å². The van der Waals surface area contributed by atoms with Crippen LogP contribution in [0.2, 0.25) is 0 Å². The largest absolute Gasteiger partial charge is 0.462 e. The molecule has 0 fully saturated rings. The lowest BCUT2D eigenvalue weighted by Gasteiger charge is -2.06. The molecule has 0 aromatic carbocycles. The third-order valence-electron chi connectivity index (χ3n) is 1.51. The number of carbonyl (C=O) groups excluding carboxylic acids is 1. The van der Waals surface area contributed by atoms with E-state index in [0.29, 0.717) is 12.5 Å². The first-order chi connectivity index (χ1) is 5.20. The summed E-state index contributed by atoms with van der Waals surface area (Å²) >= 11 is 0. The van der Waals surface area contributed by atoms with Gasteiger partial charge in [-0.1, -0.05) is 26.3 Å². The van der Waals surface area contributed by atoms with Crippen molar-refractivity contribution in [1.82, 2.24) is 0 Å². The van der Waals surface area contributed by atoms with Gasteiger partial charge >= 0.3 is 5.97 Å². The van der Waals surface area contributed by atoms with Gasteiger partial charge in [0.15, 0.2) is 0 Å². The van der Waals surface area contributed by atoms with E-state index in [9.17, 15) is 4.79 Å². The van der Waals surface area contributed by atoms with E-state index < -0.39 is 0 Å². The molecule has 1 atom stereocenters. The number of allylic oxidation sites excluding steroid dienone is 1. The lowest BCUT2D eigenvalue weighted by molar-refractivity contribution is -0.138. The molecule has 11 heavy (non-hydrogen) atoms. The van der Waals surface area contributed by atoms with Gasteiger partial charge in [-0.25, -0.2) is 4.79 Å². The highest BCUT2D eigenvalue weighted by Crippen LogP contribution is 2.00. The van der Waals surface area contributed by atoms with Crippen molar-refractivity contribution in [2.24, 2.45) is 5.92 Å². The van der Waals surface area contributed by atoms with Crippen LogP contribution in [0.3, 0.4) is 0 Å². The summed E-state index contributed by atoms with van der Waals surface area (Å²) in [4.78, 5) is 10.8. The van der Waals surface area contributed by atoms with Crippen molar-refractivity contribution in [3.8, 4) is 0 Å². The van der Waals surface area contributed by atoms with Gasteiger partial charge in [0.05, 0.1) is 6.61 Å². The van der Waals surface area contributed by atoms with Gasteiger partial charge < -0.3 is 4.74 Å². The molecule has 0 aliphatic rings. The van der Waals surface area contributed by atoms with Crippen LogP contribution in [0.25, 0.3) is 0 Å². The molecule has 0 spiro atoms. The van der Waals surface area contributed by atoms with Gasteiger partial charge in [-0.15, -0.1) is 0 Å². The quantitative estimate of drug-likeness (QED) is 0.460. The molecule has 0 unspecified atom stereocenters. The van der Waals surface area contributed by atoms with E-state index in [4.69, 9.17) is 4.74 Å². The Hall–Kier alpha value is -0.790. The second-order valence-electron chi connectivity index (χ2n) is 2.64. The maximum absolute atomic E-state index is 10.8. The Morgan fingerprint density at radius 3 is 2.73 bits per heavy atom. The molecule has 0 heterocycles. The molecule has 0 saturated carbocycles. The Labute approximate surface area is 68.2 Å². The SMILES string of the molecule is C/C=C\C(=O)OC[C@@H](C)CC. The Bertz CT molecular complexity index is 138. The molecule has 2 nitrogen and oxygen atoms in total. The summed E-state index contributed by atoms with van der Waals surface area (Å²) in [6.07, 6.45) is 4.16. The lowest BCUT2D eigenvalue weighted by Crippen LogP contribution is -2.08. The monoisotopic (exact) mass is 156 g/mol. The molecule has 2 heteroatoms.